The average Bonchev–Trinajstić information content (AvgIpc) is 2.74. The molecule has 2 N–H and O–H groups in total. The van der Waals surface area contributed by atoms with Crippen molar-refractivity contribution >= 4 is 5.97 Å². The van der Waals surface area contributed by atoms with Gasteiger partial charge in [-0.2, -0.15) is 0 Å². The zero-order chi connectivity index (χ0) is 14.0. The van der Waals surface area contributed by atoms with Crippen molar-refractivity contribution in [2.45, 2.75) is 25.9 Å². The van der Waals surface area contributed by atoms with Crippen molar-refractivity contribution in [1.29, 1.82) is 0 Å². The van der Waals surface area contributed by atoms with E-state index in [-0.39, 0.29) is 5.56 Å². The largest absolute Gasteiger partial charge is 0.478 e. The number of carboxylic acid groups (broad SMARTS) is 1. The molecule has 1 atom stereocenters. The average molecular weight is 260 g/mol. The van der Waals surface area contributed by atoms with E-state index in [0.29, 0.717) is 17.7 Å². The highest BCUT2D eigenvalue weighted by atomic mass is 16.4. The van der Waals surface area contributed by atoms with Crippen molar-refractivity contribution in [3.63, 3.8) is 0 Å². The lowest BCUT2D eigenvalue weighted by Gasteiger charge is -2.22. The molecule has 0 amide bonds. The van der Waals surface area contributed by atoms with Gasteiger partial charge in [-0.3, -0.25) is 0 Å². The summed E-state index contributed by atoms with van der Waals surface area (Å²) < 4.78 is 5.33. The number of aromatic carboxylic acids is 1. The van der Waals surface area contributed by atoms with Crippen LogP contribution >= 0.6 is 0 Å². The van der Waals surface area contributed by atoms with Gasteiger partial charge in [-0.25, -0.2) is 4.79 Å². The maximum Gasteiger partial charge on any atom is 0.335 e. The number of rotatable bonds is 4. The molecule has 19 heavy (non-hydrogen) atoms. The van der Waals surface area contributed by atoms with Gasteiger partial charge in [-0.15, -0.1) is 0 Å². The van der Waals surface area contributed by atoms with Gasteiger partial charge in [0.05, 0.1) is 17.4 Å². The van der Waals surface area contributed by atoms with E-state index in [0.717, 1.165) is 5.56 Å². The van der Waals surface area contributed by atoms with Crippen LogP contribution in [0.4, 0.5) is 0 Å². The van der Waals surface area contributed by atoms with Crippen LogP contribution in [0.5, 0.6) is 0 Å². The lowest BCUT2D eigenvalue weighted by atomic mass is 9.91. The van der Waals surface area contributed by atoms with Crippen molar-refractivity contribution in [1.82, 2.24) is 0 Å². The van der Waals surface area contributed by atoms with E-state index in [1.807, 2.05) is 13.0 Å². The molecule has 0 aliphatic heterocycles. The van der Waals surface area contributed by atoms with Crippen LogP contribution in [0, 0.1) is 6.92 Å². The number of aliphatic hydroxyl groups is 1. The molecule has 0 saturated carbocycles. The monoisotopic (exact) mass is 260 g/mol. The predicted molar refractivity (Wildman–Crippen MR) is 70.1 cm³/mol. The summed E-state index contributed by atoms with van der Waals surface area (Å²) in [4.78, 5) is 10.8. The summed E-state index contributed by atoms with van der Waals surface area (Å²) in [5.41, 5.74) is 0.772. The predicted octanol–water partition coefficient (Wildman–Crippen LogP) is 2.74. The zero-order valence-corrected chi connectivity index (χ0v) is 10.9. The molecule has 0 radical (unpaired) electrons. The van der Waals surface area contributed by atoms with Crippen LogP contribution in [0.3, 0.4) is 0 Å². The second kappa shape index (κ2) is 4.90. The summed E-state index contributed by atoms with van der Waals surface area (Å²) in [5, 5.41) is 19.3. The number of furan rings is 1. The summed E-state index contributed by atoms with van der Waals surface area (Å²) in [6, 6.07) is 8.09. The standard InChI is InChI=1S/C15H16O4/c1-10-7-13(19-9-10)8-15(2,18)12-5-3-11(4-6-12)14(16)17/h3-7,9,18H,8H2,1-2H3,(H,16,17)/t15-/m0/s1. The molecule has 0 unspecified atom stereocenters. The first kappa shape index (κ1) is 13.4. The number of hydrogen-bond acceptors (Lipinski definition) is 3. The third-order valence-corrected chi connectivity index (χ3v) is 3.06. The molecule has 2 rings (SSSR count). The molecule has 0 aliphatic rings. The van der Waals surface area contributed by atoms with E-state index in [2.05, 4.69) is 0 Å². The highest BCUT2D eigenvalue weighted by Crippen LogP contribution is 2.26. The van der Waals surface area contributed by atoms with Crippen molar-refractivity contribution in [2.24, 2.45) is 0 Å². The van der Waals surface area contributed by atoms with Crippen LogP contribution in [0.1, 0.15) is 34.2 Å². The minimum Gasteiger partial charge on any atom is -0.478 e. The van der Waals surface area contributed by atoms with Crippen LogP contribution in [0.15, 0.2) is 41.0 Å². The van der Waals surface area contributed by atoms with E-state index in [9.17, 15) is 9.90 Å². The number of hydrogen-bond donors (Lipinski definition) is 2. The molecule has 1 aromatic heterocycles. The summed E-state index contributed by atoms with van der Waals surface area (Å²) >= 11 is 0. The fourth-order valence-electron chi connectivity index (χ4n) is 2.00. The third kappa shape index (κ3) is 3.03. The molecule has 0 spiro atoms. The molecule has 2 aromatic rings. The molecule has 4 heteroatoms. The van der Waals surface area contributed by atoms with Crippen molar-refractivity contribution < 1.29 is 19.4 Å². The molecular formula is C15H16O4. The minimum absolute atomic E-state index is 0.202. The Hall–Kier alpha value is -2.07. The van der Waals surface area contributed by atoms with Crippen molar-refractivity contribution in [2.75, 3.05) is 0 Å². The lowest BCUT2D eigenvalue weighted by Crippen LogP contribution is -2.24. The Morgan fingerprint density at radius 2 is 1.95 bits per heavy atom. The molecule has 4 nitrogen and oxygen atoms in total. The maximum absolute atomic E-state index is 10.8. The summed E-state index contributed by atoms with van der Waals surface area (Å²) in [6.45, 7) is 3.60. The molecule has 100 valence electrons. The Kier molecular flexibility index (Phi) is 3.44. The van der Waals surface area contributed by atoms with Crippen molar-refractivity contribution in [3.8, 4) is 0 Å². The molecule has 0 bridgehead atoms. The zero-order valence-electron chi connectivity index (χ0n) is 10.9. The summed E-state index contributed by atoms with van der Waals surface area (Å²) in [7, 11) is 0. The lowest BCUT2D eigenvalue weighted by molar-refractivity contribution is 0.0519. The van der Waals surface area contributed by atoms with Gasteiger partial charge in [0.2, 0.25) is 0 Å². The molecule has 0 aliphatic carbocycles. The second-order valence-corrected chi connectivity index (χ2v) is 4.92. The molecule has 0 saturated heterocycles. The Morgan fingerprint density at radius 3 is 2.42 bits per heavy atom. The van der Waals surface area contributed by atoms with Gasteiger partial charge in [0.25, 0.3) is 0 Å². The Morgan fingerprint density at radius 1 is 1.32 bits per heavy atom. The van der Waals surface area contributed by atoms with Gasteiger partial charge >= 0.3 is 5.97 Å². The van der Waals surface area contributed by atoms with Crippen LogP contribution in [0.2, 0.25) is 0 Å². The Bertz CT molecular complexity index is 578. The Balaban J connectivity index is 2.21. The van der Waals surface area contributed by atoms with Gasteiger partial charge in [-0.1, -0.05) is 12.1 Å². The fraction of sp³-hybridized carbons (Fsp3) is 0.267. The smallest absolute Gasteiger partial charge is 0.335 e. The normalized spacial score (nSPS) is 14.1. The van der Waals surface area contributed by atoms with Crippen LogP contribution in [-0.2, 0) is 12.0 Å². The topological polar surface area (TPSA) is 70.7 Å². The first-order valence-corrected chi connectivity index (χ1v) is 5.99. The summed E-state index contributed by atoms with van der Waals surface area (Å²) in [6.07, 6.45) is 1.98. The van der Waals surface area contributed by atoms with Crippen LogP contribution in [-0.4, -0.2) is 16.2 Å². The molecule has 1 heterocycles. The van der Waals surface area contributed by atoms with Gasteiger partial charge in [-0.05, 0) is 43.2 Å². The highest BCUT2D eigenvalue weighted by Gasteiger charge is 2.25. The number of carbonyl (C=O) groups is 1. The minimum atomic E-state index is -1.10. The van der Waals surface area contributed by atoms with E-state index < -0.39 is 11.6 Å². The van der Waals surface area contributed by atoms with Gasteiger partial charge < -0.3 is 14.6 Å². The van der Waals surface area contributed by atoms with Crippen LogP contribution in [0.25, 0.3) is 0 Å². The first-order valence-electron chi connectivity index (χ1n) is 5.99. The quantitative estimate of drug-likeness (QED) is 0.886. The fourth-order valence-corrected chi connectivity index (χ4v) is 2.00. The van der Waals surface area contributed by atoms with Crippen LogP contribution < -0.4 is 0 Å². The molecule has 0 fully saturated rings. The van der Waals surface area contributed by atoms with E-state index in [1.54, 1.807) is 25.3 Å². The second-order valence-electron chi connectivity index (χ2n) is 4.92. The van der Waals surface area contributed by atoms with Crippen molar-refractivity contribution in [3.05, 3.63) is 59.0 Å². The molecule has 1 aromatic carbocycles. The maximum atomic E-state index is 10.8. The van der Waals surface area contributed by atoms with Gasteiger partial charge in [0.15, 0.2) is 0 Å². The van der Waals surface area contributed by atoms with E-state index in [1.165, 1.54) is 12.1 Å². The highest BCUT2D eigenvalue weighted by molar-refractivity contribution is 5.87. The number of carboxylic acids is 1. The summed E-state index contributed by atoms with van der Waals surface area (Å²) in [5.74, 6) is -0.280. The number of benzene rings is 1. The number of aryl methyl sites for hydroxylation is 1. The van der Waals surface area contributed by atoms with E-state index >= 15 is 0 Å². The van der Waals surface area contributed by atoms with Gasteiger partial charge in [0.1, 0.15) is 5.76 Å². The van der Waals surface area contributed by atoms with E-state index in [4.69, 9.17) is 9.52 Å². The Labute approximate surface area is 111 Å². The molecular weight excluding hydrogens is 244 g/mol. The third-order valence-electron chi connectivity index (χ3n) is 3.06. The first-order chi connectivity index (χ1) is 8.88. The SMILES string of the molecule is Cc1coc(C[C@](C)(O)c2ccc(C(=O)O)cc2)c1. The van der Waals surface area contributed by atoms with Gasteiger partial charge in [0, 0.05) is 6.42 Å².